The Morgan fingerprint density at radius 1 is 0.290 bits per heavy atom. The average Bonchev–Trinajstić information content (AvgIpc) is 4.11. The van der Waals surface area contributed by atoms with Crippen molar-refractivity contribution in [1.82, 2.24) is 19.5 Å². The van der Waals surface area contributed by atoms with Crippen molar-refractivity contribution in [2.45, 2.75) is 0 Å². The zero-order chi connectivity index (χ0) is 45.4. The molecule has 0 unspecified atom stereocenters. The van der Waals surface area contributed by atoms with Gasteiger partial charge in [-0.1, -0.05) is 176 Å². The summed E-state index contributed by atoms with van der Waals surface area (Å²) in [6.45, 7) is 0. The molecule has 0 aliphatic rings. The predicted octanol–water partition coefficient (Wildman–Crippen LogP) is 16.8. The fourth-order valence-electron chi connectivity index (χ4n) is 10.2. The van der Waals surface area contributed by atoms with Crippen LogP contribution < -0.4 is 0 Å². The molecule has 10 aromatic carbocycles. The Balaban J connectivity index is 0.983. The third-order valence-corrected chi connectivity index (χ3v) is 13.4. The van der Waals surface area contributed by atoms with Gasteiger partial charge in [-0.3, -0.25) is 0 Å². The van der Waals surface area contributed by atoms with Crippen LogP contribution in [0.3, 0.4) is 0 Å². The third-order valence-electron chi connectivity index (χ3n) is 13.4. The zero-order valence-electron chi connectivity index (χ0n) is 37.0. The van der Waals surface area contributed by atoms with E-state index >= 15 is 0 Å². The molecule has 0 bridgehead atoms. The predicted molar refractivity (Wildman–Crippen MR) is 281 cm³/mol. The van der Waals surface area contributed by atoms with Crippen molar-refractivity contribution in [3.8, 4) is 73.2 Å². The molecule has 0 radical (unpaired) electrons. The van der Waals surface area contributed by atoms with Gasteiger partial charge in [-0.25, -0.2) is 15.0 Å². The Labute approximate surface area is 396 Å². The summed E-state index contributed by atoms with van der Waals surface area (Å²) in [5.41, 5.74) is 15.6. The summed E-state index contributed by atoms with van der Waals surface area (Å²) in [6.07, 6.45) is 0. The van der Waals surface area contributed by atoms with Gasteiger partial charge in [0.25, 0.3) is 0 Å². The van der Waals surface area contributed by atoms with E-state index in [0.29, 0.717) is 17.5 Å². The van der Waals surface area contributed by atoms with E-state index in [1.165, 1.54) is 21.9 Å². The van der Waals surface area contributed by atoms with E-state index in [4.69, 9.17) is 23.8 Å². The molecule has 4 aromatic heterocycles. The minimum atomic E-state index is 0.597. The van der Waals surface area contributed by atoms with Crippen LogP contribution in [0.1, 0.15) is 0 Å². The number of nitrogens with zero attached hydrogens (tertiary/aromatic N) is 4. The van der Waals surface area contributed by atoms with Gasteiger partial charge in [0.05, 0.1) is 11.0 Å². The topological polar surface area (TPSA) is 69.9 Å². The second-order valence-electron chi connectivity index (χ2n) is 17.5. The van der Waals surface area contributed by atoms with Crippen molar-refractivity contribution in [1.29, 1.82) is 0 Å². The second kappa shape index (κ2) is 15.6. The highest BCUT2D eigenvalue weighted by Crippen LogP contribution is 2.47. The Morgan fingerprint density at radius 2 is 0.826 bits per heavy atom. The van der Waals surface area contributed by atoms with Crippen LogP contribution in [-0.4, -0.2) is 19.5 Å². The van der Waals surface area contributed by atoms with Crippen molar-refractivity contribution in [3.05, 3.63) is 231 Å². The lowest BCUT2D eigenvalue weighted by Gasteiger charge is -2.14. The molecule has 6 heteroatoms. The number of hydrogen-bond acceptors (Lipinski definition) is 5. The van der Waals surface area contributed by atoms with Crippen LogP contribution in [0.2, 0.25) is 0 Å². The van der Waals surface area contributed by atoms with Crippen LogP contribution in [0.25, 0.3) is 139 Å². The number of rotatable bonds is 7. The molecule has 322 valence electrons. The number of para-hydroxylation sites is 3. The van der Waals surface area contributed by atoms with Crippen molar-refractivity contribution in [2.24, 2.45) is 0 Å². The number of aromatic nitrogens is 4. The molecule has 69 heavy (non-hydrogen) atoms. The Bertz CT molecular complexity index is 4250. The van der Waals surface area contributed by atoms with Gasteiger partial charge in [-0.05, 0) is 76.9 Å². The highest BCUT2D eigenvalue weighted by molar-refractivity contribution is 6.20. The Morgan fingerprint density at radius 3 is 1.55 bits per heavy atom. The first-order valence-corrected chi connectivity index (χ1v) is 23.2. The van der Waals surface area contributed by atoms with E-state index in [2.05, 4.69) is 162 Å². The Kier molecular flexibility index (Phi) is 8.79. The van der Waals surface area contributed by atoms with Crippen LogP contribution in [-0.2, 0) is 0 Å². The quantitative estimate of drug-likeness (QED) is 0.159. The molecule has 0 amide bonds. The highest BCUT2D eigenvalue weighted by Gasteiger charge is 2.24. The van der Waals surface area contributed by atoms with Gasteiger partial charge in [-0.15, -0.1) is 0 Å². The van der Waals surface area contributed by atoms with Gasteiger partial charge < -0.3 is 13.4 Å². The summed E-state index contributed by atoms with van der Waals surface area (Å²) >= 11 is 0. The van der Waals surface area contributed by atoms with Crippen molar-refractivity contribution < 1.29 is 8.83 Å². The monoisotopic (exact) mass is 882 g/mol. The minimum absolute atomic E-state index is 0.597. The summed E-state index contributed by atoms with van der Waals surface area (Å²) in [4.78, 5) is 15.1. The number of furan rings is 2. The molecule has 14 aromatic rings. The van der Waals surface area contributed by atoms with E-state index in [1.54, 1.807) is 0 Å². The molecule has 0 aliphatic carbocycles. The zero-order valence-corrected chi connectivity index (χ0v) is 37.0. The van der Waals surface area contributed by atoms with E-state index < -0.39 is 0 Å². The summed E-state index contributed by atoms with van der Waals surface area (Å²) in [5, 5.41) is 6.53. The second-order valence-corrected chi connectivity index (χ2v) is 17.5. The Hall–Kier alpha value is -9.39. The molecule has 0 fully saturated rings. The molecule has 6 nitrogen and oxygen atoms in total. The van der Waals surface area contributed by atoms with Crippen LogP contribution in [0.5, 0.6) is 0 Å². The first-order valence-electron chi connectivity index (χ1n) is 23.2. The summed E-state index contributed by atoms with van der Waals surface area (Å²) in [5.74, 6) is 1.84. The van der Waals surface area contributed by atoms with Crippen molar-refractivity contribution in [3.63, 3.8) is 0 Å². The van der Waals surface area contributed by atoms with Gasteiger partial charge >= 0.3 is 0 Å². The van der Waals surface area contributed by atoms with Gasteiger partial charge in [0.2, 0.25) is 0 Å². The van der Waals surface area contributed by atoms with Crippen LogP contribution in [0.15, 0.2) is 239 Å². The molecule has 0 spiro atoms. The lowest BCUT2D eigenvalue weighted by atomic mass is 9.93. The number of benzene rings is 10. The molecule has 14 rings (SSSR count). The maximum atomic E-state index is 7.01. The van der Waals surface area contributed by atoms with Gasteiger partial charge in [0.15, 0.2) is 17.5 Å². The lowest BCUT2D eigenvalue weighted by Crippen LogP contribution is -2.00. The molecule has 0 atom stereocenters. The van der Waals surface area contributed by atoms with E-state index in [1.807, 2.05) is 72.8 Å². The van der Waals surface area contributed by atoms with Crippen molar-refractivity contribution >= 4 is 65.7 Å². The SMILES string of the molecule is c1ccc(-c2ccc3c(c2)c2ccccc2n3-c2cc(-c3ccc(-c4cccc(-c5nc(-c6ccccc6)nc(-c6ccccc6)n5)c4)c4c3oc3ccccc34)c3oc4ccccc4c3c2)cc1. The van der Waals surface area contributed by atoms with E-state index in [-0.39, 0.29) is 0 Å². The van der Waals surface area contributed by atoms with Crippen LogP contribution >= 0.6 is 0 Å². The molecule has 0 saturated carbocycles. The van der Waals surface area contributed by atoms with E-state index in [9.17, 15) is 0 Å². The smallest absolute Gasteiger partial charge is 0.164 e. The number of fused-ring (bicyclic) bond motifs is 9. The summed E-state index contributed by atoms with van der Waals surface area (Å²) in [6, 6.07) is 80.4. The fraction of sp³-hybridized carbons (Fsp3) is 0. The van der Waals surface area contributed by atoms with Gasteiger partial charge in [0.1, 0.15) is 22.3 Å². The molecular weight excluding hydrogens is 845 g/mol. The molecular formula is C63H38N4O2. The van der Waals surface area contributed by atoms with E-state index in [0.717, 1.165) is 99.5 Å². The maximum Gasteiger partial charge on any atom is 0.164 e. The van der Waals surface area contributed by atoms with Crippen LogP contribution in [0, 0.1) is 0 Å². The number of hydrogen-bond donors (Lipinski definition) is 0. The first kappa shape index (κ1) is 38.8. The standard InChI is InChI=1S/C63H38N4O2/c1-4-17-39(18-5-1)42-31-34-55-51(36-42)47-25-10-13-28-54(47)67(55)45-37-52-48-26-11-14-29-56(48)68-59(52)53(38-45)49-33-32-46(58-50-27-12-15-30-57(50)69-60(49)58)43-23-16-24-44(35-43)63-65-61(40-19-6-2-7-20-40)64-62(66-63)41-21-8-3-9-22-41/h1-38H. The summed E-state index contributed by atoms with van der Waals surface area (Å²) < 4.78 is 16.3. The van der Waals surface area contributed by atoms with Crippen LogP contribution in [0.4, 0.5) is 0 Å². The molecule has 0 aliphatic heterocycles. The fourth-order valence-corrected chi connectivity index (χ4v) is 10.2. The average molecular weight is 883 g/mol. The van der Waals surface area contributed by atoms with Gasteiger partial charge in [0, 0.05) is 65.8 Å². The molecule has 4 heterocycles. The normalized spacial score (nSPS) is 11.8. The molecule has 0 saturated heterocycles. The molecule has 0 N–H and O–H groups in total. The van der Waals surface area contributed by atoms with Crippen molar-refractivity contribution in [2.75, 3.05) is 0 Å². The lowest BCUT2D eigenvalue weighted by molar-refractivity contribution is 0.665. The minimum Gasteiger partial charge on any atom is -0.455 e. The third kappa shape index (κ3) is 6.38. The summed E-state index contributed by atoms with van der Waals surface area (Å²) in [7, 11) is 0. The van der Waals surface area contributed by atoms with Gasteiger partial charge in [-0.2, -0.15) is 0 Å². The first-order chi connectivity index (χ1) is 34.2. The highest BCUT2D eigenvalue weighted by atomic mass is 16.3. The largest absolute Gasteiger partial charge is 0.455 e. The maximum absolute atomic E-state index is 7.01.